The lowest BCUT2D eigenvalue weighted by atomic mass is 9.84. The second-order valence-corrected chi connectivity index (χ2v) is 5.91. The Morgan fingerprint density at radius 1 is 1.11 bits per heavy atom. The standard InChI is InChI=1S/C13H26F2N2O2/c1-11(2,12(3,4)19-6)17-8-7-16(9-10-18-5)13(17,14)15/h7-10H2,1-6H3. The van der Waals surface area contributed by atoms with Crippen LogP contribution in [0.15, 0.2) is 0 Å². The van der Waals surface area contributed by atoms with Crippen LogP contribution in [0.25, 0.3) is 0 Å². The van der Waals surface area contributed by atoms with E-state index in [2.05, 4.69) is 0 Å². The maximum atomic E-state index is 14.5. The Morgan fingerprint density at radius 3 is 2.16 bits per heavy atom. The molecular formula is C13H26F2N2O2. The van der Waals surface area contributed by atoms with Gasteiger partial charge in [-0.15, -0.1) is 0 Å². The fraction of sp³-hybridized carbons (Fsp3) is 1.00. The third-order valence-corrected chi connectivity index (χ3v) is 4.52. The summed E-state index contributed by atoms with van der Waals surface area (Å²) >= 11 is 0. The predicted molar refractivity (Wildman–Crippen MR) is 70.3 cm³/mol. The zero-order valence-electron chi connectivity index (χ0n) is 12.8. The third kappa shape index (κ3) is 2.91. The van der Waals surface area contributed by atoms with Crippen molar-refractivity contribution in [3.63, 3.8) is 0 Å². The number of rotatable bonds is 6. The molecule has 0 N–H and O–H groups in total. The highest BCUT2D eigenvalue weighted by Crippen LogP contribution is 2.41. The topological polar surface area (TPSA) is 24.9 Å². The molecule has 0 aromatic carbocycles. The summed E-state index contributed by atoms with van der Waals surface area (Å²) < 4.78 is 39.3. The van der Waals surface area contributed by atoms with Crippen molar-refractivity contribution in [2.75, 3.05) is 40.5 Å². The van der Waals surface area contributed by atoms with Gasteiger partial charge < -0.3 is 9.47 Å². The lowest BCUT2D eigenvalue weighted by Gasteiger charge is -2.48. The van der Waals surface area contributed by atoms with Gasteiger partial charge in [0, 0.05) is 33.9 Å². The van der Waals surface area contributed by atoms with Gasteiger partial charge in [0.25, 0.3) is 0 Å². The summed E-state index contributed by atoms with van der Waals surface area (Å²) in [6.45, 7) is 8.44. The lowest BCUT2D eigenvalue weighted by molar-refractivity contribution is -0.261. The smallest absolute Gasteiger partial charge is 0.370 e. The Kier molecular flexibility index (Phi) is 4.93. The van der Waals surface area contributed by atoms with Crippen molar-refractivity contribution in [1.29, 1.82) is 0 Å². The van der Waals surface area contributed by atoms with Gasteiger partial charge in [-0.1, -0.05) is 0 Å². The Labute approximate surface area is 114 Å². The molecule has 0 aliphatic carbocycles. The largest absolute Gasteiger partial charge is 0.383 e. The van der Waals surface area contributed by atoms with Crippen LogP contribution in [-0.2, 0) is 9.47 Å². The molecule has 4 nitrogen and oxygen atoms in total. The highest BCUT2D eigenvalue weighted by Gasteiger charge is 2.58. The molecule has 1 rings (SSSR count). The van der Waals surface area contributed by atoms with Gasteiger partial charge >= 0.3 is 6.17 Å². The maximum absolute atomic E-state index is 14.5. The molecule has 0 bridgehead atoms. The van der Waals surface area contributed by atoms with Gasteiger partial charge in [-0.25, -0.2) is 9.80 Å². The van der Waals surface area contributed by atoms with Gasteiger partial charge in [-0.3, -0.25) is 0 Å². The van der Waals surface area contributed by atoms with Gasteiger partial charge in [0.15, 0.2) is 0 Å². The zero-order chi connectivity index (χ0) is 14.9. The first-order chi connectivity index (χ1) is 8.61. The molecule has 0 atom stereocenters. The molecule has 1 heterocycles. The molecule has 0 aromatic heterocycles. The molecule has 0 aromatic rings. The third-order valence-electron chi connectivity index (χ3n) is 4.52. The average Bonchev–Trinajstić information content (AvgIpc) is 2.61. The summed E-state index contributed by atoms with van der Waals surface area (Å²) in [6, 6.07) is 0. The molecule has 0 amide bonds. The van der Waals surface area contributed by atoms with Gasteiger partial charge in [0.2, 0.25) is 0 Å². The molecule has 114 valence electrons. The molecule has 1 aliphatic heterocycles. The highest BCUT2D eigenvalue weighted by molar-refractivity contribution is 5.01. The van der Waals surface area contributed by atoms with Crippen LogP contribution in [0.4, 0.5) is 8.78 Å². The van der Waals surface area contributed by atoms with E-state index < -0.39 is 17.3 Å². The van der Waals surface area contributed by atoms with E-state index in [0.29, 0.717) is 19.7 Å². The molecule has 19 heavy (non-hydrogen) atoms. The summed E-state index contributed by atoms with van der Waals surface area (Å²) in [4.78, 5) is 2.38. The summed E-state index contributed by atoms with van der Waals surface area (Å²) in [5.41, 5.74) is -1.46. The summed E-state index contributed by atoms with van der Waals surface area (Å²) in [5, 5.41) is 0. The number of methoxy groups -OCH3 is 2. The van der Waals surface area contributed by atoms with Crippen molar-refractivity contribution in [2.24, 2.45) is 0 Å². The number of alkyl halides is 2. The van der Waals surface area contributed by atoms with Crippen LogP contribution >= 0.6 is 0 Å². The first-order valence-corrected chi connectivity index (χ1v) is 6.56. The molecule has 0 unspecified atom stereocenters. The van der Waals surface area contributed by atoms with E-state index >= 15 is 0 Å². The van der Waals surface area contributed by atoms with Crippen LogP contribution < -0.4 is 0 Å². The maximum Gasteiger partial charge on any atom is 0.370 e. The van der Waals surface area contributed by atoms with Crippen molar-refractivity contribution >= 4 is 0 Å². The van der Waals surface area contributed by atoms with Crippen molar-refractivity contribution < 1.29 is 18.3 Å². The Morgan fingerprint density at radius 2 is 1.68 bits per heavy atom. The van der Waals surface area contributed by atoms with E-state index in [-0.39, 0.29) is 6.54 Å². The Hall–Kier alpha value is -0.300. The van der Waals surface area contributed by atoms with E-state index in [1.807, 2.05) is 13.8 Å². The molecule has 0 spiro atoms. The molecule has 6 heteroatoms. The zero-order valence-corrected chi connectivity index (χ0v) is 12.8. The van der Waals surface area contributed by atoms with Gasteiger partial charge in [-0.05, 0) is 27.7 Å². The van der Waals surface area contributed by atoms with E-state index in [1.54, 1.807) is 21.0 Å². The summed E-state index contributed by atoms with van der Waals surface area (Å²) in [6.07, 6.45) is -2.97. The number of hydrogen-bond acceptors (Lipinski definition) is 4. The molecule has 0 saturated carbocycles. The molecule has 1 saturated heterocycles. The lowest BCUT2D eigenvalue weighted by Crippen LogP contribution is -2.64. The second kappa shape index (κ2) is 5.60. The van der Waals surface area contributed by atoms with Crippen LogP contribution in [-0.4, -0.2) is 67.6 Å². The van der Waals surface area contributed by atoms with Crippen LogP contribution in [0.3, 0.4) is 0 Å². The normalized spacial score (nSPS) is 22.1. The SMILES string of the molecule is COCCN1CCN(C(C)(C)C(C)(C)OC)C1(F)F. The molecule has 0 radical (unpaired) electrons. The van der Waals surface area contributed by atoms with Crippen LogP contribution in [0.2, 0.25) is 0 Å². The van der Waals surface area contributed by atoms with Crippen LogP contribution in [0.1, 0.15) is 27.7 Å². The van der Waals surface area contributed by atoms with E-state index in [9.17, 15) is 8.78 Å². The molecule has 1 aliphatic rings. The van der Waals surface area contributed by atoms with Crippen LogP contribution in [0.5, 0.6) is 0 Å². The number of ether oxygens (including phenoxy) is 2. The first kappa shape index (κ1) is 16.8. The fourth-order valence-electron chi connectivity index (χ4n) is 2.30. The summed E-state index contributed by atoms with van der Waals surface area (Å²) in [7, 11) is 3.07. The minimum atomic E-state index is -2.97. The van der Waals surface area contributed by atoms with Crippen molar-refractivity contribution in [3.8, 4) is 0 Å². The van der Waals surface area contributed by atoms with E-state index in [4.69, 9.17) is 9.47 Å². The molecular weight excluding hydrogens is 254 g/mol. The van der Waals surface area contributed by atoms with Crippen molar-refractivity contribution in [3.05, 3.63) is 0 Å². The van der Waals surface area contributed by atoms with E-state index in [1.165, 1.54) is 12.0 Å². The van der Waals surface area contributed by atoms with Crippen molar-refractivity contribution in [1.82, 2.24) is 9.80 Å². The van der Waals surface area contributed by atoms with E-state index in [0.717, 1.165) is 4.90 Å². The van der Waals surface area contributed by atoms with Crippen molar-refractivity contribution in [2.45, 2.75) is 45.0 Å². The van der Waals surface area contributed by atoms with Gasteiger partial charge in [-0.2, -0.15) is 8.78 Å². The highest BCUT2D eigenvalue weighted by atomic mass is 19.3. The number of nitrogens with zero attached hydrogens (tertiary/aromatic N) is 2. The first-order valence-electron chi connectivity index (χ1n) is 6.56. The number of hydrogen-bond donors (Lipinski definition) is 0. The quantitative estimate of drug-likeness (QED) is 0.695. The Bertz CT molecular complexity index is 309. The number of halogens is 2. The Balaban J connectivity index is 2.91. The fourth-order valence-corrected chi connectivity index (χ4v) is 2.30. The van der Waals surface area contributed by atoms with Gasteiger partial charge in [0.1, 0.15) is 0 Å². The summed E-state index contributed by atoms with van der Waals surface area (Å²) in [5.74, 6) is 0. The second-order valence-electron chi connectivity index (χ2n) is 5.91. The monoisotopic (exact) mass is 280 g/mol. The predicted octanol–water partition coefficient (Wildman–Crippen LogP) is 2.00. The van der Waals surface area contributed by atoms with Crippen LogP contribution in [0, 0.1) is 0 Å². The minimum Gasteiger partial charge on any atom is -0.383 e. The molecule has 1 fully saturated rings. The van der Waals surface area contributed by atoms with Gasteiger partial charge in [0.05, 0.1) is 17.7 Å². The minimum absolute atomic E-state index is 0.226. The average molecular weight is 280 g/mol.